The lowest BCUT2D eigenvalue weighted by atomic mass is 10.1. The Hall–Kier alpha value is -2.73. The summed E-state index contributed by atoms with van der Waals surface area (Å²) in [6.45, 7) is 2.03. The fourth-order valence-electron chi connectivity index (χ4n) is 1.86. The minimum Gasteiger partial charge on any atom is -0.453 e. The van der Waals surface area contributed by atoms with Crippen LogP contribution in [0.2, 0.25) is 0 Å². The second kappa shape index (κ2) is 8.05. The van der Waals surface area contributed by atoms with E-state index in [-0.39, 0.29) is 5.11 Å². The van der Waals surface area contributed by atoms with Crippen molar-refractivity contribution in [2.75, 3.05) is 12.4 Å². The van der Waals surface area contributed by atoms with Crippen LogP contribution in [0.3, 0.4) is 0 Å². The summed E-state index contributed by atoms with van der Waals surface area (Å²) in [5.41, 5.74) is 3.59. The van der Waals surface area contributed by atoms with E-state index in [1.807, 2.05) is 55.5 Å². The maximum absolute atomic E-state index is 11.2. The van der Waals surface area contributed by atoms with Gasteiger partial charge in [0.15, 0.2) is 5.11 Å². The van der Waals surface area contributed by atoms with E-state index in [0.717, 1.165) is 11.1 Å². The molecule has 0 saturated heterocycles. The zero-order chi connectivity index (χ0) is 16.7. The number of methoxy groups -OCH3 is 1. The minimum atomic E-state index is -0.622. The summed E-state index contributed by atoms with van der Waals surface area (Å²) in [4.78, 5) is 15.7. The highest BCUT2D eigenvalue weighted by Crippen LogP contribution is 2.24. The summed E-state index contributed by atoms with van der Waals surface area (Å²) >= 11 is 5.06. The number of nitrogens with zero attached hydrogens (tertiary/aromatic N) is 1. The summed E-state index contributed by atoms with van der Waals surface area (Å²) in [7, 11) is 1.28. The Balaban J connectivity index is 2.16. The average molecular weight is 327 g/mol. The monoisotopic (exact) mass is 327 g/mol. The maximum Gasteiger partial charge on any atom is 0.413 e. The number of rotatable bonds is 3. The van der Waals surface area contributed by atoms with Gasteiger partial charge < -0.3 is 10.1 Å². The van der Waals surface area contributed by atoms with Gasteiger partial charge in [-0.25, -0.2) is 4.79 Å². The Morgan fingerprint density at radius 3 is 2.61 bits per heavy atom. The second-order valence-electron chi connectivity index (χ2n) is 4.70. The van der Waals surface area contributed by atoms with Gasteiger partial charge in [-0.05, 0) is 42.4 Å². The summed E-state index contributed by atoms with van der Waals surface area (Å²) in [5, 5.41) is 5.48. The molecule has 0 spiro atoms. The Labute approximate surface area is 140 Å². The molecule has 0 radical (unpaired) electrons. The molecule has 6 heteroatoms. The Morgan fingerprint density at radius 2 is 1.87 bits per heavy atom. The van der Waals surface area contributed by atoms with Crippen molar-refractivity contribution in [3.63, 3.8) is 0 Å². The molecule has 23 heavy (non-hydrogen) atoms. The lowest BCUT2D eigenvalue weighted by Gasteiger charge is -2.10. The van der Waals surface area contributed by atoms with Gasteiger partial charge in [-0.15, -0.1) is 0 Å². The molecule has 2 N–H and O–H groups in total. The third kappa shape index (κ3) is 4.89. The number of anilines is 1. The number of carbonyl (C=O) groups is 1. The molecule has 118 valence electrons. The topological polar surface area (TPSA) is 62.7 Å². The molecule has 0 saturated carbocycles. The van der Waals surface area contributed by atoms with Crippen molar-refractivity contribution in [2.45, 2.75) is 6.92 Å². The van der Waals surface area contributed by atoms with Crippen molar-refractivity contribution in [3.8, 4) is 0 Å². The number of alkyl carbamates (subject to hydrolysis) is 1. The molecular weight excluding hydrogens is 310 g/mol. The zero-order valence-electron chi connectivity index (χ0n) is 12.9. The largest absolute Gasteiger partial charge is 0.453 e. The molecule has 2 rings (SSSR count). The fourth-order valence-corrected chi connectivity index (χ4v) is 2.05. The first-order chi connectivity index (χ1) is 11.1. The van der Waals surface area contributed by atoms with Crippen LogP contribution in [0.5, 0.6) is 0 Å². The van der Waals surface area contributed by atoms with E-state index in [0.29, 0.717) is 11.4 Å². The van der Waals surface area contributed by atoms with Crippen molar-refractivity contribution in [3.05, 3.63) is 59.7 Å². The van der Waals surface area contributed by atoms with Gasteiger partial charge >= 0.3 is 6.09 Å². The third-order valence-electron chi connectivity index (χ3n) is 3.08. The number of amides is 1. The summed E-state index contributed by atoms with van der Waals surface area (Å²) < 4.78 is 4.50. The highest BCUT2D eigenvalue weighted by atomic mass is 32.1. The van der Waals surface area contributed by atoms with Gasteiger partial charge in [0.2, 0.25) is 0 Å². The van der Waals surface area contributed by atoms with Crippen molar-refractivity contribution >= 4 is 41.0 Å². The molecule has 0 aliphatic carbocycles. The molecule has 0 fully saturated rings. The summed E-state index contributed by atoms with van der Waals surface area (Å²) in [6, 6.07) is 15.4. The van der Waals surface area contributed by atoms with Gasteiger partial charge in [-0.3, -0.25) is 10.3 Å². The van der Waals surface area contributed by atoms with Gasteiger partial charge in [0.25, 0.3) is 0 Å². The SMILES string of the molecule is COC(=O)NC(=S)Nc1ccccc1/N=C/c1ccccc1C. The number of carbonyl (C=O) groups excluding carboxylic acids is 1. The first-order valence-corrected chi connectivity index (χ1v) is 7.35. The molecule has 0 heterocycles. The molecule has 2 aromatic rings. The van der Waals surface area contributed by atoms with E-state index in [2.05, 4.69) is 20.4 Å². The number of thiocarbonyl (C=S) groups is 1. The van der Waals surface area contributed by atoms with Crippen LogP contribution in [-0.4, -0.2) is 24.5 Å². The number of benzene rings is 2. The molecule has 0 bridgehead atoms. The van der Waals surface area contributed by atoms with Gasteiger partial charge in [0.05, 0.1) is 18.5 Å². The van der Waals surface area contributed by atoms with Crippen LogP contribution in [0.25, 0.3) is 0 Å². The lowest BCUT2D eigenvalue weighted by molar-refractivity contribution is 0.177. The standard InChI is InChI=1S/C17H17N3O2S/c1-12-7-3-4-8-13(12)11-18-14-9-5-6-10-15(14)19-16(23)20-17(21)22-2/h3-11H,1-2H3,(H2,19,20,21,23)/b18-11+. The molecule has 0 atom stereocenters. The molecule has 1 amide bonds. The zero-order valence-corrected chi connectivity index (χ0v) is 13.7. The van der Waals surface area contributed by atoms with E-state index in [4.69, 9.17) is 12.2 Å². The maximum atomic E-state index is 11.2. The van der Waals surface area contributed by atoms with E-state index in [1.54, 1.807) is 6.21 Å². The normalized spacial score (nSPS) is 10.3. The van der Waals surface area contributed by atoms with Crippen LogP contribution in [0.15, 0.2) is 53.5 Å². The molecule has 2 aromatic carbocycles. The Bertz CT molecular complexity index is 744. The Kier molecular flexibility index (Phi) is 5.82. The van der Waals surface area contributed by atoms with Crippen LogP contribution in [-0.2, 0) is 4.74 Å². The molecule has 5 nitrogen and oxygen atoms in total. The number of ether oxygens (including phenoxy) is 1. The lowest BCUT2D eigenvalue weighted by Crippen LogP contribution is -2.33. The first kappa shape index (κ1) is 16.6. The van der Waals surface area contributed by atoms with Crippen LogP contribution in [0.1, 0.15) is 11.1 Å². The molecule has 0 aromatic heterocycles. The number of hydrogen-bond donors (Lipinski definition) is 2. The first-order valence-electron chi connectivity index (χ1n) is 6.95. The number of hydrogen-bond acceptors (Lipinski definition) is 4. The van der Waals surface area contributed by atoms with Crippen molar-refractivity contribution in [1.29, 1.82) is 0 Å². The van der Waals surface area contributed by atoms with Crippen LogP contribution in [0, 0.1) is 6.92 Å². The van der Waals surface area contributed by atoms with E-state index >= 15 is 0 Å². The van der Waals surface area contributed by atoms with Crippen molar-refractivity contribution < 1.29 is 9.53 Å². The van der Waals surface area contributed by atoms with Crippen molar-refractivity contribution in [2.24, 2.45) is 4.99 Å². The quantitative estimate of drug-likeness (QED) is 0.665. The van der Waals surface area contributed by atoms with Crippen LogP contribution in [0.4, 0.5) is 16.2 Å². The smallest absolute Gasteiger partial charge is 0.413 e. The number of aryl methyl sites for hydroxylation is 1. The number of aliphatic imine (C=N–C) groups is 1. The molecule has 0 aliphatic rings. The number of nitrogens with one attached hydrogen (secondary N) is 2. The van der Waals surface area contributed by atoms with Crippen LogP contribution >= 0.6 is 12.2 Å². The van der Waals surface area contributed by atoms with Crippen LogP contribution < -0.4 is 10.6 Å². The van der Waals surface area contributed by atoms with Gasteiger partial charge in [0.1, 0.15) is 0 Å². The van der Waals surface area contributed by atoms with Gasteiger partial charge in [0, 0.05) is 6.21 Å². The average Bonchev–Trinajstić information content (AvgIpc) is 2.55. The fraction of sp³-hybridized carbons (Fsp3) is 0.118. The number of para-hydroxylation sites is 2. The second-order valence-corrected chi connectivity index (χ2v) is 5.11. The third-order valence-corrected chi connectivity index (χ3v) is 3.29. The van der Waals surface area contributed by atoms with E-state index in [9.17, 15) is 4.79 Å². The molecule has 0 aliphatic heterocycles. The van der Waals surface area contributed by atoms with Gasteiger partial charge in [-0.2, -0.15) is 0 Å². The summed E-state index contributed by atoms with van der Waals surface area (Å²) in [6.07, 6.45) is 1.18. The van der Waals surface area contributed by atoms with Crippen molar-refractivity contribution in [1.82, 2.24) is 5.32 Å². The molecular formula is C17H17N3O2S. The summed E-state index contributed by atoms with van der Waals surface area (Å²) in [5.74, 6) is 0. The molecule has 0 unspecified atom stereocenters. The Morgan fingerprint density at radius 1 is 1.17 bits per heavy atom. The van der Waals surface area contributed by atoms with Gasteiger partial charge in [-0.1, -0.05) is 36.4 Å². The predicted molar refractivity (Wildman–Crippen MR) is 96.6 cm³/mol. The van der Waals surface area contributed by atoms with E-state index in [1.165, 1.54) is 7.11 Å². The predicted octanol–water partition coefficient (Wildman–Crippen LogP) is 3.80. The highest BCUT2D eigenvalue weighted by Gasteiger charge is 2.06. The minimum absolute atomic E-state index is 0.149. The van der Waals surface area contributed by atoms with E-state index < -0.39 is 6.09 Å². The highest BCUT2D eigenvalue weighted by molar-refractivity contribution is 7.80.